The molecule has 2 aliphatic rings. The molecule has 1 aromatic rings. The molecule has 1 aromatic carbocycles. The Hall–Kier alpha value is -1.35. The third kappa shape index (κ3) is 3.65. The summed E-state index contributed by atoms with van der Waals surface area (Å²) in [4.78, 5) is 12.6. The van der Waals surface area contributed by atoms with Crippen molar-refractivity contribution < 1.29 is 4.79 Å². The first-order valence-corrected chi connectivity index (χ1v) is 8.47. The highest BCUT2D eigenvalue weighted by Gasteiger charge is 2.21. The summed E-state index contributed by atoms with van der Waals surface area (Å²) in [7, 11) is 0. The van der Waals surface area contributed by atoms with E-state index in [1.165, 1.54) is 43.2 Å². The van der Waals surface area contributed by atoms with Crippen LogP contribution in [0.2, 0.25) is 0 Å². The minimum atomic E-state index is 0.211. The number of benzene rings is 1. The molecule has 0 aromatic heterocycles. The molecule has 0 atom stereocenters. The van der Waals surface area contributed by atoms with Crippen LogP contribution in [0, 0.1) is 5.92 Å². The molecule has 3 nitrogen and oxygen atoms in total. The van der Waals surface area contributed by atoms with E-state index in [0.29, 0.717) is 0 Å². The topological polar surface area (TPSA) is 41.1 Å². The van der Waals surface area contributed by atoms with E-state index < -0.39 is 0 Å². The lowest BCUT2D eigenvalue weighted by molar-refractivity contribution is -0.120. The highest BCUT2D eigenvalue weighted by Crippen LogP contribution is 2.27. The van der Waals surface area contributed by atoms with Crippen LogP contribution >= 0.6 is 0 Å². The van der Waals surface area contributed by atoms with Gasteiger partial charge in [-0.15, -0.1) is 0 Å². The average molecular weight is 286 g/mol. The lowest BCUT2D eigenvalue weighted by Gasteiger charge is -2.23. The van der Waals surface area contributed by atoms with Gasteiger partial charge in [0.05, 0.1) is 0 Å². The number of hydrogen-bond donors (Lipinski definition) is 2. The van der Waals surface area contributed by atoms with E-state index in [0.717, 1.165) is 38.0 Å². The number of rotatable bonds is 2. The molecule has 0 unspecified atom stereocenters. The largest absolute Gasteiger partial charge is 0.326 e. The molecule has 1 aliphatic carbocycles. The molecule has 114 valence electrons. The highest BCUT2D eigenvalue weighted by atomic mass is 16.1. The van der Waals surface area contributed by atoms with Crippen LogP contribution in [-0.4, -0.2) is 12.5 Å². The minimum Gasteiger partial charge on any atom is -0.326 e. The van der Waals surface area contributed by atoms with Gasteiger partial charge in [0.15, 0.2) is 0 Å². The van der Waals surface area contributed by atoms with Crippen LogP contribution in [0.3, 0.4) is 0 Å². The summed E-state index contributed by atoms with van der Waals surface area (Å²) in [6, 6.07) is 6.28. The minimum absolute atomic E-state index is 0.211. The van der Waals surface area contributed by atoms with Crippen molar-refractivity contribution in [3.05, 3.63) is 29.3 Å². The fraction of sp³-hybridized carbons (Fsp3) is 0.611. The first-order chi connectivity index (χ1) is 10.3. The second-order valence-electron chi connectivity index (χ2n) is 6.40. The van der Waals surface area contributed by atoms with Crippen LogP contribution in [0.1, 0.15) is 56.1 Å². The smallest absolute Gasteiger partial charge is 0.227 e. The summed E-state index contributed by atoms with van der Waals surface area (Å²) >= 11 is 0. The van der Waals surface area contributed by atoms with E-state index in [9.17, 15) is 4.79 Å². The standard InChI is InChI=1S/C18H26N2O/c21-18(14-7-4-2-1-3-5-8-14)20-17-10-6-9-15-13-19-12-11-16(15)17/h6,9-10,14,19H,1-5,7-8,11-13H2,(H,20,21). The maximum Gasteiger partial charge on any atom is 0.227 e. The Labute approximate surface area is 127 Å². The fourth-order valence-electron chi connectivity index (χ4n) is 3.60. The number of hydrogen-bond acceptors (Lipinski definition) is 2. The lowest BCUT2D eigenvalue weighted by atomic mass is 9.90. The molecular weight excluding hydrogens is 260 g/mol. The zero-order valence-corrected chi connectivity index (χ0v) is 12.8. The molecule has 0 spiro atoms. The van der Waals surface area contributed by atoms with Crippen molar-refractivity contribution >= 4 is 11.6 Å². The monoisotopic (exact) mass is 286 g/mol. The van der Waals surface area contributed by atoms with Gasteiger partial charge in [0.25, 0.3) is 0 Å². The van der Waals surface area contributed by atoms with E-state index in [4.69, 9.17) is 0 Å². The Bertz CT molecular complexity index is 490. The van der Waals surface area contributed by atoms with Gasteiger partial charge >= 0.3 is 0 Å². The quantitative estimate of drug-likeness (QED) is 0.871. The van der Waals surface area contributed by atoms with Gasteiger partial charge < -0.3 is 10.6 Å². The SMILES string of the molecule is O=C(Nc1cccc2c1CCNC2)C1CCCCCCC1. The summed E-state index contributed by atoms with van der Waals surface area (Å²) in [6.07, 6.45) is 9.45. The molecule has 1 aliphatic heterocycles. The maximum absolute atomic E-state index is 12.6. The normalized spacial score (nSPS) is 20.2. The molecule has 0 radical (unpaired) electrons. The van der Waals surface area contributed by atoms with Gasteiger partial charge in [0.1, 0.15) is 0 Å². The number of fused-ring (bicyclic) bond motifs is 1. The average Bonchev–Trinajstić information content (AvgIpc) is 2.47. The van der Waals surface area contributed by atoms with Crippen LogP contribution in [-0.2, 0) is 17.8 Å². The molecule has 0 saturated heterocycles. The van der Waals surface area contributed by atoms with Crippen LogP contribution in [0.25, 0.3) is 0 Å². The van der Waals surface area contributed by atoms with Gasteiger partial charge in [0.2, 0.25) is 5.91 Å². The summed E-state index contributed by atoms with van der Waals surface area (Å²) in [6.45, 7) is 1.92. The Morgan fingerprint density at radius 3 is 2.67 bits per heavy atom. The molecule has 21 heavy (non-hydrogen) atoms. The maximum atomic E-state index is 12.6. The summed E-state index contributed by atoms with van der Waals surface area (Å²) in [5.41, 5.74) is 3.70. The Morgan fingerprint density at radius 2 is 1.86 bits per heavy atom. The number of nitrogens with one attached hydrogen (secondary N) is 2. The molecule has 1 fully saturated rings. The van der Waals surface area contributed by atoms with E-state index in [2.05, 4.69) is 28.8 Å². The van der Waals surface area contributed by atoms with Crippen LogP contribution in [0.5, 0.6) is 0 Å². The van der Waals surface area contributed by atoms with E-state index in [1.54, 1.807) is 0 Å². The highest BCUT2D eigenvalue weighted by molar-refractivity contribution is 5.93. The molecule has 3 rings (SSSR count). The van der Waals surface area contributed by atoms with Crippen molar-refractivity contribution in [1.29, 1.82) is 0 Å². The first-order valence-electron chi connectivity index (χ1n) is 8.47. The van der Waals surface area contributed by atoms with Crippen LogP contribution in [0.4, 0.5) is 5.69 Å². The number of carbonyl (C=O) groups is 1. The second-order valence-corrected chi connectivity index (χ2v) is 6.40. The predicted octanol–water partition coefficient (Wildman–Crippen LogP) is 3.63. The third-order valence-corrected chi connectivity index (χ3v) is 4.87. The third-order valence-electron chi connectivity index (χ3n) is 4.87. The number of carbonyl (C=O) groups excluding carboxylic acids is 1. The van der Waals surface area contributed by atoms with Crippen molar-refractivity contribution in [3.63, 3.8) is 0 Å². The van der Waals surface area contributed by atoms with Crippen LogP contribution < -0.4 is 10.6 Å². The van der Waals surface area contributed by atoms with Gasteiger partial charge in [-0.2, -0.15) is 0 Å². The zero-order chi connectivity index (χ0) is 14.5. The summed E-state index contributed by atoms with van der Waals surface area (Å²) in [5.74, 6) is 0.451. The van der Waals surface area contributed by atoms with Gasteiger partial charge in [-0.25, -0.2) is 0 Å². The first kappa shape index (κ1) is 14.6. The molecule has 2 N–H and O–H groups in total. The zero-order valence-electron chi connectivity index (χ0n) is 12.8. The lowest BCUT2D eigenvalue weighted by Crippen LogP contribution is -2.27. The molecule has 3 heteroatoms. The molecule has 0 bridgehead atoms. The van der Waals surface area contributed by atoms with E-state index in [-0.39, 0.29) is 11.8 Å². The van der Waals surface area contributed by atoms with Crippen LogP contribution in [0.15, 0.2) is 18.2 Å². The molecule has 1 saturated carbocycles. The van der Waals surface area contributed by atoms with Gasteiger partial charge in [-0.3, -0.25) is 4.79 Å². The predicted molar refractivity (Wildman–Crippen MR) is 86.3 cm³/mol. The van der Waals surface area contributed by atoms with Crippen molar-refractivity contribution in [2.24, 2.45) is 5.92 Å². The molecule has 1 heterocycles. The summed E-state index contributed by atoms with van der Waals surface area (Å²) < 4.78 is 0. The molecular formula is C18H26N2O. The fourth-order valence-corrected chi connectivity index (χ4v) is 3.60. The van der Waals surface area contributed by atoms with E-state index >= 15 is 0 Å². The van der Waals surface area contributed by atoms with Crippen molar-refractivity contribution in [3.8, 4) is 0 Å². The van der Waals surface area contributed by atoms with Crippen molar-refractivity contribution in [1.82, 2.24) is 5.32 Å². The Kier molecular flexibility index (Phi) is 4.91. The van der Waals surface area contributed by atoms with E-state index in [1.807, 2.05) is 0 Å². The molecule has 1 amide bonds. The van der Waals surface area contributed by atoms with Gasteiger partial charge in [-0.05, 0) is 43.0 Å². The van der Waals surface area contributed by atoms with Gasteiger partial charge in [0, 0.05) is 18.2 Å². The van der Waals surface area contributed by atoms with Crippen molar-refractivity contribution in [2.75, 3.05) is 11.9 Å². The van der Waals surface area contributed by atoms with Crippen molar-refractivity contribution in [2.45, 2.75) is 57.9 Å². The Balaban J connectivity index is 1.69. The van der Waals surface area contributed by atoms with Gasteiger partial charge in [-0.1, -0.05) is 44.2 Å². The number of amides is 1. The Morgan fingerprint density at radius 1 is 1.10 bits per heavy atom. The summed E-state index contributed by atoms with van der Waals surface area (Å²) in [5, 5.41) is 6.61. The number of anilines is 1. The second kappa shape index (κ2) is 7.08.